The number of hydrogen-bond acceptors (Lipinski definition) is 6. The van der Waals surface area contributed by atoms with Gasteiger partial charge in [0.1, 0.15) is 5.37 Å². The summed E-state index contributed by atoms with van der Waals surface area (Å²) in [5.41, 5.74) is 3.00. The molecule has 41 heavy (non-hydrogen) atoms. The van der Waals surface area contributed by atoms with Gasteiger partial charge in [-0.2, -0.15) is 4.31 Å². The number of likely N-dealkylation sites (tertiary alicyclic amines) is 1. The van der Waals surface area contributed by atoms with Gasteiger partial charge in [0, 0.05) is 25.4 Å². The maximum atomic E-state index is 13.6. The zero-order chi connectivity index (χ0) is 28.5. The van der Waals surface area contributed by atoms with Crippen molar-refractivity contribution in [1.29, 1.82) is 0 Å². The molecule has 9 heteroatoms. The predicted octanol–water partition coefficient (Wildman–Crippen LogP) is 4.74. The molecule has 2 N–H and O–H groups in total. The van der Waals surface area contributed by atoms with Crippen molar-refractivity contribution in [2.75, 3.05) is 45.0 Å². The molecule has 2 unspecified atom stereocenters. The molecule has 3 aromatic carbocycles. The van der Waals surface area contributed by atoms with Crippen molar-refractivity contribution in [2.24, 2.45) is 0 Å². The number of hydrogen-bond donors (Lipinski definition) is 2. The van der Waals surface area contributed by atoms with Crippen molar-refractivity contribution in [2.45, 2.75) is 42.0 Å². The third-order valence-electron chi connectivity index (χ3n) is 7.82. The summed E-state index contributed by atoms with van der Waals surface area (Å²) >= 11 is 1.38. The molecule has 0 aliphatic carbocycles. The van der Waals surface area contributed by atoms with Crippen molar-refractivity contribution in [3.05, 3.63) is 90.5 Å². The maximum Gasteiger partial charge on any atom is 0.249 e. The number of rotatable bonds is 12. The van der Waals surface area contributed by atoms with Crippen LogP contribution >= 0.6 is 11.8 Å². The Kier molecular flexibility index (Phi) is 10.5. The van der Waals surface area contributed by atoms with E-state index >= 15 is 0 Å². The normalized spacial score (nSPS) is 19.2. The van der Waals surface area contributed by atoms with E-state index in [1.54, 1.807) is 12.1 Å². The third kappa shape index (κ3) is 7.78. The summed E-state index contributed by atoms with van der Waals surface area (Å²) in [5, 5.41) is 5.93. The van der Waals surface area contributed by atoms with E-state index in [-0.39, 0.29) is 16.8 Å². The molecule has 0 saturated carbocycles. The number of nitrogens with zero attached hydrogens (tertiary/aromatic N) is 2. The first-order chi connectivity index (χ1) is 20.0. The highest BCUT2D eigenvalue weighted by molar-refractivity contribution is 8.02. The second-order valence-electron chi connectivity index (χ2n) is 10.6. The van der Waals surface area contributed by atoms with E-state index in [9.17, 15) is 13.2 Å². The maximum absolute atomic E-state index is 13.6. The average Bonchev–Trinajstić information content (AvgIpc) is 3.53. The fourth-order valence-electron chi connectivity index (χ4n) is 5.53. The molecule has 0 bridgehead atoms. The number of carbonyl (C=O) groups is 1. The lowest BCUT2D eigenvalue weighted by Gasteiger charge is -2.27. The number of thioether (sulfide) groups is 1. The van der Waals surface area contributed by atoms with Gasteiger partial charge in [-0.25, -0.2) is 8.42 Å². The Bertz CT molecular complexity index is 1350. The molecular weight excluding hydrogens is 553 g/mol. The van der Waals surface area contributed by atoms with E-state index in [1.165, 1.54) is 48.4 Å². The predicted molar refractivity (Wildman–Crippen MR) is 167 cm³/mol. The molecule has 2 fully saturated rings. The largest absolute Gasteiger partial charge is 0.347 e. The van der Waals surface area contributed by atoms with E-state index in [0.717, 1.165) is 42.7 Å². The van der Waals surface area contributed by atoms with Gasteiger partial charge in [-0.3, -0.25) is 4.79 Å². The van der Waals surface area contributed by atoms with Crippen LogP contribution in [0.15, 0.2) is 89.8 Å². The highest BCUT2D eigenvalue weighted by atomic mass is 32.2. The Morgan fingerprint density at radius 2 is 1.49 bits per heavy atom. The van der Waals surface area contributed by atoms with Crippen molar-refractivity contribution in [3.8, 4) is 11.1 Å². The highest BCUT2D eigenvalue weighted by Gasteiger charge is 2.40. The second kappa shape index (κ2) is 14.5. The van der Waals surface area contributed by atoms with Crippen LogP contribution in [0.2, 0.25) is 0 Å². The molecule has 0 radical (unpaired) electrons. The van der Waals surface area contributed by atoms with Crippen LogP contribution in [0.5, 0.6) is 0 Å². The summed E-state index contributed by atoms with van der Waals surface area (Å²) in [6, 6.07) is 26.5. The van der Waals surface area contributed by atoms with Crippen molar-refractivity contribution in [3.63, 3.8) is 0 Å². The van der Waals surface area contributed by atoms with Gasteiger partial charge < -0.3 is 15.5 Å². The standard InChI is InChI=1S/C32H40N4O3S2/c37-31(34-30(28-12-6-2-7-13-28)18-19-33-20-23-35-21-8-3-9-22-35)32-36(24-25-40-32)41(38,39)29-16-14-27(15-17-29)26-10-4-1-5-11-26/h1-2,4-7,10-17,30,32-33H,3,8-9,18-25H2,(H,34,37). The monoisotopic (exact) mass is 592 g/mol. The summed E-state index contributed by atoms with van der Waals surface area (Å²) in [6.07, 6.45) is 4.63. The number of amides is 1. The Morgan fingerprint density at radius 1 is 0.829 bits per heavy atom. The van der Waals surface area contributed by atoms with Gasteiger partial charge in [0.15, 0.2) is 0 Å². The molecule has 0 aromatic heterocycles. The Labute approximate surface area is 248 Å². The van der Waals surface area contributed by atoms with Gasteiger partial charge in [-0.15, -0.1) is 11.8 Å². The number of piperidine rings is 1. The topological polar surface area (TPSA) is 81.8 Å². The summed E-state index contributed by atoms with van der Waals surface area (Å²) in [4.78, 5) is 16.3. The Hall–Kier alpha value is -2.69. The van der Waals surface area contributed by atoms with Gasteiger partial charge in [0.05, 0.1) is 10.9 Å². The molecule has 0 spiro atoms. The van der Waals surface area contributed by atoms with Crippen LogP contribution in [0.1, 0.15) is 37.3 Å². The molecule has 218 valence electrons. The van der Waals surface area contributed by atoms with Crippen LogP contribution in [-0.2, 0) is 14.8 Å². The van der Waals surface area contributed by atoms with Crippen LogP contribution < -0.4 is 10.6 Å². The van der Waals surface area contributed by atoms with Crippen LogP contribution in [-0.4, -0.2) is 73.9 Å². The fourth-order valence-corrected chi connectivity index (χ4v) is 8.62. The number of carbonyl (C=O) groups excluding carboxylic acids is 1. The van der Waals surface area contributed by atoms with E-state index in [1.807, 2.05) is 72.8 Å². The molecule has 1 amide bonds. The first-order valence-electron chi connectivity index (χ1n) is 14.6. The molecule has 3 aromatic rings. The average molecular weight is 593 g/mol. The number of benzene rings is 3. The summed E-state index contributed by atoms with van der Waals surface area (Å²) in [5.74, 6) is 0.312. The van der Waals surface area contributed by atoms with Crippen molar-refractivity contribution >= 4 is 27.7 Å². The minimum Gasteiger partial charge on any atom is -0.347 e. The van der Waals surface area contributed by atoms with Gasteiger partial charge >= 0.3 is 0 Å². The molecule has 2 heterocycles. The van der Waals surface area contributed by atoms with Gasteiger partial charge in [0.2, 0.25) is 15.9 Å². The molecule has 2 aliphatic heterocycles. The summed E-state index contributed by atoms with van der Waals surface area (Å²) < 4.78 is 28.6. The van der Waals surface area contributed by atoms with Gasteiger partial charge in [-0.05, 0) is 67.7 Å². The first kappa shape index (κ1) is 29.8. The molecular formula is C32H40N4O3S2. The van der Waals surface area contributed by atoms with Crippen molar-refractivity contribution in [1.82, 2.24) is 19.8 Å². The minimum absolute atomic E-state index is 0.204. The first-order valence-corrected chi connectivity index (χ1v) is 17.1. The summed E-state index contributed by atoms with van der Waals surface area (Å²) in [6.45, 7) is 5.39. The van der Waals surface area contributed by atoms with E-state index in [2.05, 4.69) is 15.5 Å². The van der Waals surface area contributed by atoms with Crippen LogP contribution in [0, 0.1) is 0 Å². The molecule has 7 nitrogen and oxygen atoms in total. The van der Waals surface area contributed by atoms with E-state index < -0.39 is 15.4 Å². The van der Waals surface area contributed by atoms with E-state index in [0.29, 0.717) is 12.3 Å². The van der Waals surface area contributed by atoms with Crippen LogP contribution in [0.3, 0.4) is 0 Å². The molecule has 2 aliphatic rings. The molecule has 5 rings (SSSR count). The summed E-state index contributed by atoms with van der Waals surface area (Å²) in [7, 11) is -3.83. The zero-order valence-electron chi connectivity index (χ0n) is 23.5. The lowest BCUT2D eigenvalue weighted by Crippen LogP contribution is -2.46. The number of nitrogens with one attached hydrogen (secondary N) is 2. The Balaban J connectivity index is 1.22. The molecule has 2 saturated heterocycles. The quantitative estimate of drug-likeness (QED) is 0.296. The lowest BCUT2D eigenvalue weighted by molar-refractivity contribution is -0.122. The highest BCUT2D eigenvalue weighted by Crippen LogP contribution is 2.32. The zero-order valence-corrected chi connectivity index (χ0v) is 25.1. The lowest BCUT2D eigenvalue weighted by atomic mass is 10.0. The van der Waals surface area contributed by atoms with Gasteiger partial charge in [0.25, 0.3) is 0 Å². The van der Waals surface area contributed by atoms with Crippen LogP contribution in [0.4, 0.5) is 0 Å². The second-order valence-corrected chi connectivity index (χ2v) is 13.7. The fraction of sp³-hybridized carbons (Fsp3) is 0.406. The number of sulfonamides is 1. The van der Waals surface area contributed by atoms with E-state index in [4.69, 9.17) is 0 Å². The smallest absolute Gasteiger partial charge is 0.249 e. The van der Waals surface area contributed by atoms with Crippen LogP contribution in [0.25, 0.3) is 11.1 Å². The van der Waals surface area contributed by atoms with Gasteiger partial charge in [-0.1, -0.05) is 79.2 Å². The van der Waals surface area contributed by atoms with Crippen molar-refractivity contribution < 1.29 is 13.2 Å². The third-order valence-corrected chi connectivity index (χ3v) is 11.0. The Morgan fingerprint density at radius 3 is 2.20 bits per heavy atom. The molecule has 2 atom stereocenters. The minimum atomic E-state index is -3.83. The SMILES string of the molecule is O=C(NC(CCNCCN1CCCCC1)c1ccccc1)C1SCCN1S(=O)(=O)c1ccc(-c2ccccc2)cc1.